The second-order valence-corrected chi connectivity index (χ2v) is 12.4. The number of anilines is 1. The fourth-order valence-electron chi connectivity index (χ4n) is 7.34. The number of nitrogens with zero attached hydrogens (tertiary/aromatic N) is 6. The molecule has 0 atom stereocenters. The maximum atomic E-state index is 13.7. The molecular formula is C33H38ClN7O3. The fraction of sp³-hybridized carbons (Fsp3) is 0.455. The number of amides is 1. The molecule has 0 radical (unpaired) electrons. The average molecular weight is 616 g/mol. The van der Waals surface area contributed by atoms with Gasteiger partial charge in [0, 0.05) is 49.2 Å². The van der Waals surface area contributed by atoms with Crippen LogP contribution >= 0.6 is 11.6 Å². The molecule has 3 aliphatic rings. The second kappa shape index (κ2) is 11.9. The summed E-state index contributed by atoms with van der Waals surface area (Å²) in [5.74, 6) is 2.73. The zero-order valence-corrected chi connectivity index (χ0v) is 26.0. The number of hydrogen-bond donors (Lipinski definition) is 1. The van der Waals surface area contributed by atoms with E-state index in [0.717, 1.165) is 85.7 Å². The van der Waals surface area contributed by atoms with Crippen molar-refractivity contribution < 1.29 is 14.3 Å². The molecule has 44 heavy (non-hydrogen) atoms. The van der Waals surface area contributed by atoms with Gasteiger partial charge in [0.25, 0.3) is 0 Å². The van der Waals surface area contributed by atoms with Crippen molar-refractivity contribution in [1.82, 2.24) is 30.0 Å². The van der Waals surface area contributed by atoms with Gasteiger partial charge in [0.15, 0.2) is 17.1 Å². The molecule has 7 rings (SSSR count). The molecule has 11 heteroatoms. The molecule has 1 saturated carbocycles. The summed E-state index contributed by atoms with van der Waals surface area (Å²) in [6, 6.07) is 12.1. The Kier molecular flexibility index (Phi) is 7.80. The zero-order chi connectivity index (χ0) is 30.3. The zero-order valence-electron chi connectivity index (χ0n) is 25.3. The summed E-state index contributed by atoms with van der Waals surface area (Å²) in [4.78, 5) is 27.2. The number of nitrogens with one attached hydrogen (secondary N) is 1. The van der Waals surface area contributed by atoms with Crippen LogP contribution < -0.4 is 19.7 Å². The van der Waals surface area contributed by atoms with Crippen LogP contribution in [0.25, 0.3) is 11.0 Å². The van der Waals surface area contributed by atoms with E-state index < -0.39 is 0 Å². The number of carbonyl (C=O) groups is 1. The lowest BCUT2D eigenvalue weighted by molar-refractivity contribution is -0.137. The minimum atomic E-state index is -0.114. The number of ether oxygens (including phenoxy) is 2. The highest BCUT2D eigenvalue weighted by Crippen LogP contribution is 2.46. The molecule has 1 N–H and O–H groups in total. The van der Waals surface area contributed by atoms with Crippen LogP contribution in [0.15, 0.2) is 48.9 Å². The van der Waals surface area contributed by atoms with Gasteiger partial charge in [0.2, 0.25) is 5.91 Å². The summed E-state index contributed by atoms with van der Waals surface area (Å²) in [5.41, 5.74) is 4.27. The molecule has 2 aliphatic heterocycles. The van der Waals surface area contributed by atoms with Crippen LogP contribution in [0.4, 0.5) is 5.82 Å². The summed E-state index contributed by atoms with van der Waals surface area (Å²) < 4.78 is 13.1. The monoisotopic (exact) mass is 615 g/mol. The lowest BCUT2D eigenvalue weighted by Gasteiger charge is -2.46. The number of hydrogen-bond acceptors (Lipinski definition) is 8. The highest BCUT2D eigenvalue weighted by molar-refractivity contribution is 6.31. The van der Waals surface area contributed by atoms with Gasteiger partial charge in [-0.15, -0.1) is 0 Å². The van der Waals surface area contributed by atoms with Gasteiger partial charge in [-0.1, -0.05) is 29.8 Å². The topological polar surface area (TPSA) is 97.6 Å². The Morgan fingerprint density at radius 3 is 2.55 bits per heavy atom. The Balaban J connectivity index is 0.997. The van der Waals surface area contributed by atoms with Crippen molar-refractivity contribution in [1.29, 1.82) is 0 Å². The molecule has 4 aromatic rings. The molecular weight excluding hydrogens is 578 g/mol. The van der Waals surface area contributed by atoms with Gasteiger partial charge in [0.05, 0.1) is 32.3 Å². The average Bonchev–Trinajstić information content (AvgIpc) is 3.48. The first kappa shape index (κ1) is 28.9. The van der Waals surface area contributed by atoms with Gasteiger partial charge >= 0.3 is 0 Å². The minimum absolute atomic E-state index is 0.0493. The van der Waals surface area contributed by atoms with E-state index in [-0.39, 0.29) is 17.4 Å². The number of carbonyl (C=O) groups excluding carboxylic acids is 1. The van der Waals surface area contributed by atoms with E-state index in [0.29, 0.717) is 24.7 Å². The predicted molar refractivity (Wildman–Crippen MR) is 170 cm³/mol. The third kappa shape index (κ3) is 5.13. The summed E-state index contributed by atoms with van der Waals surface area (Å²) in [7, 11) is 3.37. The summed E-state index contributed by atoms with van der Waals surface area (Å²) in [6.45, 7) is 4.27. The molecule has 1 aliphatic carbocycles. The van der Waals surface area contributed by atoms with E-state index in [2.05, 4.69) is 42.3 Å². The Labute approximate surface area is 262 Å². The molecule has 1 saturated heterocycles. The number of benzene rings is 2. The summed E-state index contributed by atoms with van der Waals surface area (Å²) >= 11 is 6.39. The van der Waals surface area contributed by atoms with Crippen molar-refractivity contribution in [3.8, 4) is 11.5 Å². The van der Waals surface area contributed by atoms with Crippen LogP contribution in [0.1, 0.15) is 42.4 Å². The Morgan fingerprint density at radius 1 is 1.05 bits per heavy atom. The van der Waals surface area contributed by atoms with E-state index in [4.69, 9.17) is 21.1 Å². The van der Waals surface area contributed by atoms with E-state index in [1.54, 1.807) is 20.5 Å². The van der Waals surface area contributed by atoms with Crippen LogP contribution in [0.5, 0.6) is 11.5 Å². The largest absolute Gasteiger partial charge is 0.493 e. The molecule has 2 aromatic heterocycles. The molecule has 0 unspecified atom stereocenters. The number of methoxy groups -OCH3 is 2. The molecule has 1 spiro atoms. The number of aromatic nitrogens is 4. The molecule has 10 nitrogen and oxygen atoms in total. The van der Waals surface area contributed by atoms with E-state index in [1.165, 1.54) is 11.1 Å². The number of halogens is 1. The van der Waals surface area contributed by atoms with Crippen molar-refractivity contribution in [2.45, 2.75) is 44.2 Å². The van der Waals surface area contributed by atoms with Gasteiger partial charge in [-0.3, -0.25) is 4.79 Å². The Bertz CT molecular complexity index is 1680. The maximum absolute atomic E-state index is 13.7. The van der Waals surface area contributed by atoms with Gasteiger partial charge < -0.3 is 24.6 Å². The summed E-state index contributed by atoms with van der Waals surface area (Å²) in [5, 5.41) is 10.0. The van der Waals surface area contributed by atoms with Crippen LogP contribution in [-0.2, 0) is 23.3 Å². The van der Waals surface area contributed by atoms with Crippen molar-refractivity contribution in [3.63, 3.8) is 0 Å². The van der Waals surface area contributed by atoms with Gasteiger partial charge in [-0.25, -0.2) is 14.6 Å². The lowest BCUT2D eigenvalue weighted by atomic mass is 9.69. The van der Waals surface area contributed by atoms with Crippen molar-refractivity contribution in [2.24, 2.45) is 5.92 Å². The Morgan fingerprint density at radius 2 is 1.80 bits per heavy atom. The highest BCUT2D eigenvalue weighted by atomic mass is 35.5. The normalized spacial score (nSPS) is 21.8. The molecule has 230 valence electrons. The van der Waals surface area contributed by atoms with Crippen molar-refractivity contribution in [2.75, 3.05) is 51.8 Å². The van der Waals surface area contributed by atoms with E-state index in [1.807, 2.05) is 35.1 Å². The van der Waals surface area contributed by atoms with Crippen molar-refractivity contribution >= 4 is 34.4 Å². The van der Waals surface area contributed by atoms with E-state index >= 15 is 0 Å². The van der Waals surface area contributed by atoms with Gasteiger partial charge in [-0.05, 0) is 67.0 Å². The predicted octanol–water partition coefficient (Wildman–Crippen LogP) is 4.43. The van der Waals surface area contributed by atoms with Crippen molar-refractivity contribution in [3.05, 3.63) is 70.6 Å². The molecule has 2 fully saturated rings. The third-order valence-corrected chi connectivity index (χ3v) is 10.1. The minimum Gasteiger partial charge on any atom is -0.493 e. The quantitative estimate of drug-likeness (QED) is 0.340. The van der Waals surface area contributed by atoms with Gasteiger partial charge in [0.1, 0.15) is 12.1 Å². The fourth-order valence-corrected chi connectivity index (χ4v) is 7.54. The molecule has 2 aromatic carbocycles. The standard InChI is InChI=1S/C33H38ClN7O3/c1-43-28-17-23-9-12-37-33(26(23)18-29(28)44-2)10-7-22(8-11-33)32(42)40-15-13-39(14-16-40)30-25-19-38-41(31(25)36-21-35-30)20-24-5-3-4-6-27(24)34/h3-6,17-19,21-22,37H,7-16,20H2,1-2H3/t22-,33-. The molecule has 0 bridgehead atoms. The number of piperazine rings is 1. The number of fused-ring (bicyclic) bond motifs is 3. The SMILES string of the molecule is COc1cc2c(cc1OC)[C@]1(CC[C@@H](C(=O)N3CCN(c4ncnc5c4cnn5Cc4ccccc4Cl)CC3)CC1)NCC2. The third-order valence-electron chi connectivity index (χ3n) is 9.75. The van der Waals surface area contributed by atoms with Crippen LogP contribution in [0.3, 0.4) is 0 Å². The second-order valence-electron chi connectivity index (χ2n) is 12.0. The first-order chi connectivity index (χ1) is 21.5. The van der Waals surface area contributed by atoms with Gasteiger partial charge in [-0.2, -0.15) is 5.10 Å². The first-order valence-corrected chi connectivity index (χ1v) is 15.8. The van der Waals surface area contributed by atoms with Crippen LogP contribution in [0.2, 0.25) is 5.02 Å². The first-order valence-electron chi connectivity index (χ1n) is 15.4. The van der Waals surface area contributed by atoms with Crippen LogP contribution in [-0.4, -0.2) is 77.5 Å². The smallest absolute Gasteiger partial charge is 0.225 e. The molecule has 1 amide bonds. The lowest BCUT2D eigenvalue weighted by Crippen LogP contribution is -2.53. The van der Waals surface area contributed by atoms with Crippen LogP contribution in [0, 0.1) is 5.92 Å². The number of rotatable bonds is 6. The van der Waals surface area contributed by atoms with E-state index in [9.17, 15) is 4.79 Å². The maximum Gasteiger partial charge on any atom is 0.225 e. The highest BCUT2D eigenvalue weighted by Gasteiger charge is 2.43. The summed E-state index contributed by atoms with van der Waals surface area (Å²) in [6.07, 6.45) is 8.01. The molecule has 4 heterocycles. The Hall–Kier alpha value is -3.89.